The van der Waals surface area contributed by atoms with E-state index in [0.717, 1.165) is 40.2 Å². The average Bonchev–Trinajstić information content (AvgIpc) is 3.23. The van der Waals surface area contributed by atoms with Crippen LogP contribution in [-0.4, -0.2) is 49.5 Å². The normalized spacial score (nSPS) is 12.0. The van der Waals surface area contributed by atoms with Crippen LogP contribution in [-0.2, 0) is 6.42 Å². The Morgan fingerprint density at radius 3 is 2.00 bits per heavy atom. The largest absolute Gasteiger partial charge is 0.508 e. The molecule has 0 saturated carbocycles. The van der Waals surface area contributed by atoms with Gasteiger partial charge in [0.05, 0.1) is 23.7 Å². The summed E-state index contributed by atoms with van der Waals surface area (Å²) in [7, 11) is 0. The van der Waals surface area contributed by atoms with Crippen molar-refractivity contribution in [3.63, 3.8) is 0 Å². The Kier molecular flexibility index (Phi) is 6.63. The molecule has 0 spiro atoms. The summed E-state index contributed by atoms with van der Waals surface area (Å²) in [6, 6.07) is 21.3. The first-order chi connectivity index (χ1) is 16.0. The van der Waals surface area contributed by atoms with Crippen molar-refractivity contribution in [2.75, 3.05) is 13.2 Å². The molecule has 33 heavy (non-hydrogen) atoms. The highest BCUT2D eigenvalue weighted by atomic mass is 16.5. The van der Waals surface area contributed by atoms with Crippen molar-refractivity contribution >= 4 is 0 Å². The van der Waals surface area contributed by atoms with Crippen molar-refractivity contribution < 1.29 is 25.2 Å². The van der Waals surface area contributed by atoms with Gasteiger partial charge in [0.15, 0.2) is 0 Å². The lowest BCUT2D eigenvalue weighted by molar-refractivity contribution is 0.0536. The fourth-order valence-corrected chi connectivity index (χ4v) is 3.67. The van der Waals surface area contributed by atoms with Crippen molar-refractivity contribution in [1.29, 1.82) is 0 Å². The molecule has 7 nitrogen and oxygen atoms in total. The number of aliphatic hydroxyl groups is 2. The molecule has 1 unspecified atom stereocenters. The molecule has 7 heteroatoms. The minimum Gasteiger partial charge on any atom is -0.508 e. The van der Waals surface area contributed by atoms with E-state index in [1.807, 2.05) is 41.1 Å². The Labute approximate surface area is 191 Å². The van der Waals surface area contributed by atoms with Gasteiger partial charge in [-0.05, 0) is 79.2 Å². The molecule has 0 saturated heterocycles. The Balaban J connectivity index is 1.81. The van der Waals surface area contributed by atoms with Gasteiger partial charge >= 0.3 is 0 Å². The van der Waals surface area contributed by atoms with Crippen LogP contribution in [0.4, 0.5) is 0 Å². The van der Waals surface area contributed by atoms with Crippen LogP contribution in [0.2, 0.25) is 0 Å². The number of hydrogen-bond acceptors (Lipinski definition) is 6. The molecule has 4 N–H and O–H groups in total. The molecule has 0 fully saturated rings. The Hall–Kier alpha value is -3.81. The number of nitrogens with zero attached hydrogens (tertiary/aromatic N) is 2. The van der Waals surface area contributed by atoms with Crippen LogP contribution in [0.3, 0.4) is 0 Å². The maximum Gasteiger partial charge on any atom is 0.119 e. The summed E-state index contributed by atoms with van der Waals surface area (Å²) in [5.41, 5.74) is 5.38. The van der Waals surface area contributed by atoms with Crippen LogP contribution in [0.25, 0.3) is 28.2 Å². The second kappa shape index (κ2) is 9.77. The molecule has 3 aromatic carbocycles. The van der Waals surface area contributed by atoms with E-state index < -0.39 is 6.10 Å². The zero-order valence-electron chi connectivity index (χ0n) is 18.2. The number of hydrogen-bond donors (Lipinski definition) is 4. The number of ether oxygens (including phenoxy) is 1. The predicted molar refractivity (Wildman–Crippen MR) is 126 cm³/mol. The number of benzene rings is 3. The Morgan fingerprint density at radius 2 is 1.42 bits per heavy atom. The first-order valence-electron chi connectivity index (χ1n) is 10.7. The third-order valence-electron chi connectivity index (χ3n) is 5.35. The number of phenolic OH excluding ortho intramolecular Hbond substituents is 2. The molecule has 0 bridgehead atoms. The average molecular weight is 447 g/mol. The van der Waals surface area contributed by atoms with Gasteiger partial charge in [-0.1, -0.05) is 6.92 Å². The maximum absolute atomic E-state index is 9.74. The minimum absolute atomic E-state index is 0.00645. The third-order valence-corrected chi connectivity index (χ3v) is 5.35. The van der Waals surface area contributed by atoms with Gasteiger partial charge < -0.3 is 25.2 Å². The van der Waals surface area contributed by atoms with Crippen LogP contribution < -0.4 is 4.74 Å². The molecule has 1 atom stereocenters. The van der Waals surface area contributed by atoms with Crippen LogP contribution in [0, 0.1) is 0 Å². The molecular weight excluding hydrogens is 420 g/mol. The highest BCUT2D eigenvalue weighted by molar-refractivity contribution is 5.76. The highest BCUT2D eigenvalue weighted by Gasteiger charge is 2.20. The summed E-state index contributed by atoms with van der Waals surface area (Å²) in [4.78, 5) is 0. The lowest BCUT2D eigenvalue weighted by Crippen LogP contribution is -2.21. The predicted octanol–water partition coefficient (Wildman–Crippen LogP) is 3.91. The van der Waals surface area contributed by atoms with E-state index in [9.17, 15) is 15.3 Å². The Morgan fingerprint density at radius 1 is 0.848 bits per heavy atom. The first kappa shape index (κ1) is 22.4. The quantitative estimate of drug-likeness (QED) is 0.327. The van der Waals surface area contributed by atoms with Crippen molar-refractivity contribution in [1.82, 2.24) is 9.78 Å². The van der Waals surface area contributed by atoms with Crippen molar-refractivity contribution in [3.8, 4) is 45.5 Å². The van der Waals surface area contributed by atoms with Gasteiger partial charge in [0, 0.05) is 16.7 Å². The lowest BCUT2D eigenvalue weighted by atomic mass is 9.99. The van der Waals surface area contributed by atoms with E-state index in [1.54, 1.807) is 36.4 Å². The van der Waals surface area contributed by atoms with Gasteiger partial charge in [-0.2, -0.15) is 5.10 Å². The van der Waals surface area contributed by atoms with Gasteiger partial charge in [-0.25, -0.2) is 4.68 Å². The molecule has 1 heterocycles. The van der Waals surface area contributed by atoms with E-state index in [2.05, 4.69) is 6.92 Å². The molecule has 0 radical (unpaired) electrons. The highest BCUT2D eigenvalue weighted by Crippen LogP contribution is 2.36. The van der Waals surface area contributed by atoms with E-state index >= 15 is 0 Å². The number of aromatic nitrogens is 2. The van der Waals surface area contributed by atoms with Crippen molar-refractivity contribution in [3.05, 3.63) is 78.4 Å². The van der Waals surface area contributed by atoms with Crippen molar-refractivity contribution in [2.45, 2.75) is 19.4 Å². The number of rotatable bonds is 8. The van der Waals surface area contributed by atoms with E-state index in [0.29, 0.717) is 5.75 Å². The van der Waals surface area contributed by atoms with E-state index in [4.69, 9.17) is 14.9 Å². The van der Waals surface area contributed by atoms with Gasteiger partial charge in [0.2, 0.25) is 0 Å². The minimum atomic E-state index is -0.930. The first-order valence-corrected chi connectivity index (χ1v) is 10.7. The monoisotopic (exact) mass is 446 g/mol. The fourth-order valence-electron chi connectivity index (χ4n) is 3.67. The molecule has 0 aliphatic carbocycles. The zero-order chi connectivity index (χ0) is 23.4. The second-order valence-corrected chi connectivity index (χ2v) is 7.68. The molecule has 4 aromatic rings. The summed E-state index contributed by atoms with van der Waals surface area (Å²) in [6.07, 6.45) is -0.204. The fraction of sp³-hybridized carbons (Fsp3) is 0.192. The summed E-state index contributed by atoms with van der Waals surface area (Å²) in [6.45, 7) is 1.72. The summed E-state index contributed by atoms with van der Waals surface area (Å²) in [5.74, 6) is 0.948. The molecular formula is C26H26N2O5. The smallest absolute Gasteiger partial charge is 0.119 e. The molecule has 0 aliphatic rings. The van der Waals surface area contributed by atoms with Crippen LogP contribution >= 0.6 is 0 Å². The second-order valence-electron chi connectivity index (χ2n) is 7.68. The zero-order valence-corrected chi connectivity index (χ0v) is 18.2. The van der Waals surface area contributed by atoms with E-state index in [-0.39, 0.29) is 24.7 Å². The topological polar surface area (TPSA) is 108 Å². The van der Waals surface area contributed by atoms with E-state index in [1.165, 1.54) is 0 Å². The number of aromatic hydroxyl groups is 2. The van der Waals surface area contributed by atoms with Gasteiger partial charge in [0.25, 0.3) is 0 Å². The van der Waals surface area contributed by atoms with Crippen molar-refractivity contribution in [2.24, 2.45) is 0 Å². The third kappa shape index (κ3) is 4.84. The summed E-state index contributed by atoms with van der Waals surface area (Å²) < 4.78 is 7.39. The number of aliphatic hydroxyl groups excluding tert-OH is 2. The number of phenols is 2. The molecule has 0 aliphatic heterocycles. The Bertz CT molecular complexity index is 1200. The van der Waals surface area contributed by atoms with Crippen LogP contribution in [0.5, 0.6) is 17.2 Å². The molecule has 4 rings (SSSR count). The maximum atomic E-state index is 9.74. The van der Waals surface area contributed by atoms with Gasteiger partial charge in [0.1, 0.15) is 30.0 Å². The molecule has 1 aromatic heterocycles. The summed E-state index contributed by atoms with van der Waals surface area (Å²) >= 11 is 0. The molecule has 0 amide bonds. The van der Waals surface area contributed by atoms with Crippen LogP contribution in [0.1, 0.15) is 12.5 Å². The van der Waals surface area contributed by atoms with Gasteiger partial charge in [-0.3, -0.25) is 0 Å². The lowest BCUT2D eigenvalue weighted by Gasteiger charge is -2.12. The SMILES string of the molecule is CCc1c(-c2ccc(O)cc2)nn(-c2ccc(O)cc2)c1-c1ccc(OCC(O)CO)cc1. The van der Waals surface area contributed by atoms with Gasteiger partial charge in [-0.15, -0.1) is 0 Å². The molecule has 170 valence electrons. The van der Waals surface area contributed by atoms with Crippen LogP contribution in [0.15, 0.2) is 72.8 Å². The summed E-state index contributed by atoms with van der Waals surface area (Å²) in [5, 5.41) is 42.8. The standard InChI is InChI=1S/C26H26N2O5/c1-2-24-25(17-3-9-20(30)10-4-17)27-28(19-7-11-21(31)12-8-19)26(24)18-5-13-23(14-6-18)33-16-22(32)15-29/h3-14,22,29-32H,2,15-16H2,1H3.